The maximum atomic E-state index is 9.83. The van der Waals surface area contributed by atoms with E-state index in [1.54, 1.807) is 0 Å². The van der Waals surface area contributed by atoms with Crippen LogP contribution in [0.15, 0.2) is 133 Å². The van der Waals surface area contributed by atoms with E-state index in [1.165, 1.54) is 43.6 Å². The zero-order chi connectivity index (χ0) is 32.6. The molecule has 8 aromatic carbocycles. The van der Waals surface area contributed by atoms with Crippen LogP contribution in [0.5, 0.6) is 0 Å². The van der Waals surface area contributed by atoms with Crippen LogP contribution < -0.4 is 9.80 Å². The van der Waals surface area contributed by atoms with Crippen molar-refractivity contribution in [3.63, 3.8) is 0 Å². The topological polar surface area (TPSA) is 54.1 Å². The monoisotopic (exact) mass is 614 g/mol. The first kappa shape index (κ1) is 27.9. The zero-order valence-corrected chi connectivity index (χ0v) is 26.7. The number of rotatable bonds is 4. The summed E-state index contributed by atoms with van der Waals surface area (Å²) in [6, 6.07) is 51.5. The molecule has 0 unspecified atom stereocenters. The van der Waals surface area contributed by atoms with Crippen LogP contribution in [0.4, 0.5) is 28.4 Å². The van der Waals surface area contributed by atoms with Crippen LogP contribution in [-0.4, -0.2) is 6.54 Å². The number of hydrogen-bond donors (Lipinski definition) is 0. The molecule has 4 heteroatoms. The second kappa shape index (κ2) is 10.3. The SMILES string of the molecule is CC1(C)CN(c2ccc3ccc4c(N(c5cccc(C#N)c5)c5ccc6ccccc6c5)ccc5ccc2c3c54)c2ccc(C#N)cc21. The summed E-state index contributed by atoms with van der Waals surface area (Å²) in [5.74, 6) is 0. The molecule has 8 aromatic rings. The molecule has 0 atom stereocenters. The van der Waals surface area contributed by atoms with Crippen LogP contribution in [0.3, 0.4) is 0 Å². The van der Waals surface area contributed by atoms with Gasteiger partial charge < -0.3 is 9.80 Å². The summed E-state index contributed by atoms with van der Waals surface area (Å²) >= 11 is 0. The van der Waals surface area contributed by atoms with Crippen LogP contribution in [0, 0.1) is 22.7 Å². The van der Waals surface area contributed by atoms with E-state index in [4.69, 9.17) is 0 Å². The smallest absolute Gasteiger partial charge is 0.0992 e. The fourth-order valence-corrected chi connectivity index (χ4v) is 7.82. The van der Waals surface area contributed by atoms with Gasteiger partial charge in [0.1, 0.15) is 0 Å². The molecule has 1 heterocycles. The van der Waals surface area contributed by atoms with Crippen LogP contribution >= 0.6 is 0 Å². The van der Waals surface area contributed by atoms with Crippen molar-refractivity contribution in [2.24, 2.45) is 0 Å². The van der Waals surface area contributed by atoms with Gasteiger partial charge >= 0.3 is 0 Å². The van der Waals surface area contributed by atoms with Crippen molar-refractivity contribution < 1.29 is 0 Å². The molecule has 0 fully saturated rings. The van der Waals surface area contributed by atoms with E-state index in [-0.39, 0.29) is 5.41 Å². The highest BCUT2D eigenvalue weighted by Crippen LogP contribution is 2.50. The van der Waals surface area contributed by atoms with E-state index in [2.05, 4.69) is 145 Å². The Morgan fingerprint density at radius 1 is 0.562 bits per heavy atom. The molecule has 226 valence electrons. The number of nitriles is 2. The Kier molecular flexibility index (Phi) is 6.00. The van der Waals surface area contributed by atoms with E-state index in [0.29, 0.717) is 11.1 Å². The van der Waals surface area contributed by atoms with Crippen molar-refractivity contribution in [3.05, 3.63) is 150 Å². The lowest BCUT2D eigenvalue weighted by molar-refractivity contribution is 0.569. The number of anilines is 5. The Morgan fingerprint density at radius 2 is 1.21 bits per heavy atom. The molecular formula is C44H30N4. The van der Waals surface area contributed by atoms with Crippen molar-refractivity contribution >= 4 is 71.5 Å². The van der Waals surface area contributed by atoms with Gasteiger partial charge in [0.25, 0.3) is 0 Å². The normalized spacial score (nSPS) is 13.6. The quantitative estimate of drug-likeness (QED) is 0.185. The standard InChI is InChI=1S/C44H30N4/c1-44(2)27-47(41-19-10-29(26-46)23-38(41)44)39-20-14-31-13-18-37-40(21-15-32-12-17-36(39)42(31)43(32)37)48(34-9-5-6-28(22-34)25-45)35-16-11-30-7-3-4-8-33(30)24-35/h3-24H,27H2,1-2H3. The highest BCUT2D eigenvalue weighted by molar-refractivity contribution is 6.28. The molecule has 0 N–H and O–H groups in total. The minimum Gasteiger partial charge on any atom is -0.340 e. The Morgan fingerprint density at radius 3 is 2.02 bits per heavy atom. The highest BCUT2D eigenvalue weighted by Gasteiger charge is 2.36. The minimum absolute atomic E-state index is 0.0995. The zero-order valence-electron chi connectivity index (χ0n) is 26.7. The van der Waals surface area contributed by atoms with Crippen molar-refractivity contribution in [1.29, 1.82) is 10.5 Å². The second-order valence-electron chi connectivity index (χ2n) is 13.4. The molecule has 48 heavy (non-hydrogen) atoms. The summed E-state index contributed by atoms with van der Waals surface area (Å²) in [6.45, 7) is 5.35. The first-order valence-corrected chi connectivity index (χ1v) is 16.3. The lowest BCUT2D eigenvalue weighted by atomic mass is 9.86. The highest BCUT2D eigenvalue weighted by atomic mass is 15.2. The summed E-state index contributed by atoms with van der Waals surface area (Å²) in [5.41, 5.74) is 7.79. The second-order valence-corrected chi connectivity index (χ2v) is 13.4. The van der Waals surface area contributed by atoms with Gasteiger partial charge in [-0.25, -0.2) is 0 Å². The molecule has 0 saturated carbocycles. The Bertz CT molecular complexity index is 2670. The molecule has 1 aliphatic rings. The number of benzene rings is 8. The van der Waals surface area contributed by atoms with Gasteiger partial charge in [-0.2, -0.15) is 10.5 Å². The molecule has 4 nitrogen and oxygen atoms in total. The number of fused-ring (bicyclic) bond motifs is 2. The van der Waals surface area contributed by atoms with E-state index in [1.807, 2.05) is 24.3 Å². The molecule has 0 radical (unpaired) electrons. The van der Waals surface area contributed by atoms with Gasteiger partial charge in [-0.05, 0) is 98.5 Å². The van der Waals surface area contributed by atoms with Gasteiger partial charge in [-0.1, -0.05) is 86.6 Å². The maximum Gasteiger partial charge on any atom is 0.0992 e. The molecule has 0 aromatic heterocycles. The van der Waals surface area contributed by atoms with Gasteiger partial charge in [0, 0.05) is 45.5 Å². The Hall–Kier alpha value is -6.36. The third-order valence-corrected chi connectivity index (χ3v) is 10.1. The largest absolute Gasteiger partial charge is 0.340 e. The molecule has 1 aliphatic heterocycles. The predicted octanol–water partition coefficient (Wildman–Crippen LogP) is 11.4. The fraction of sp³-hybridized carbons (Fsp3) is 0.0909. The van der Waals surface area contributed by atoms with Gasteiger partial charge in [0.2, 0.25) is 0 Å². The summed E-state index contributed by atoms with van der Waals surface area (Å²) in [5, 5.41) is 29.0. The summed E-state index contributed by atoms with van der Waals surface area (Å²) < 4.78 is 0. The van der Waals surface area contributed by atoms with Crippen LogP contribution in [0.2, 0.25) is 0 Å². The van der Waals surface area contributed by atoms with Crippen molar-refractivity contribution in [2.45, 2.75) is 19.3 Å². The average Bonchev–Trinajstić information content (AvgIpc) is 3.40. The first-order valence-electron chi connectivity index (χ1n) is 16.3. The molecular weight excluding hydrogens is 585 g/mol. The lowest BCUT2D eigenvalue weighted by Crippen LogP contribution is -2.25. The Balaban J connectivity index is 1.29. The lowest BCUT2D eigenvalue weighted by Gasteiger charge is -2.29. The van der Waals surface area contributed by atoms with Gasteiger partial charge in [0.15, 0.2) is 0 Å². The molecule has 0 bridgehead atoms. The van der Waals surface area contributed by atoms with E-state index < -0.39 is 0 Å². The van der Waals surface area contributed by atoms with Crippen LogP contribution in [0.1, 0.15) is 30.5 Å². The van der Waals surface area contributed by atoms with Gasteiger partial charge in [-0.15, -0.1) is 0 Å². The third-order valence-electron chi connectivity index (χ3n) is 10.1. The van der Waals surface area contributed by atoms with Crippen LogP contribution in [-0.2, 0) is 5.41 Å². The summed E-state index contributed by atoms with van der Waals surface area (Å²) in [7, 11) is 0. The molecule has 0 spiro atoms. The van der Waals surface area contributed by atoms with Crippen molar-refractivity contribution in [1.82, 2.24) is 0 Å². The molecule has 0 amide bonds. The Labute approximate surface area is 279 Å². The molecule has 0 aliphatic carbocycles. The van der Waals surface area contributed by atoms with E-state index >= 15 is 0 Å². The summed E-state index contributed by atoms with van der Waals surface area (Å²) in [6.07, 6.45) is 0. The number of hydrogen-bond acceptors (Lipinski definition) is 4. The van der Waals surface area contributed by atoms with Crippen molar-refractivity contribution in [3.8, 4) is 12.1 Å². The first-order chi connectivity index (χ1) is 23.4. The van der Waals surface area contributed by atoms with E-state index in [0.717, 1.165) is 40.1 Å². The molecule has 0 saturated heterocycles. The predicted molar refractivity (Wildman–Crippen MR) is 198 cm³/mol. The van der Waals surface area contributed by atoms with Gasteiger partial charge in [-0.3, -0.25) is 0 Å². The average molecular weight is 615 g/mol. The van der Waals surface area contributed by atoms with Crippen molar-refractivity contribution in [2.75, 3.05) is 16.3 Å². The third kappa shape index (κ3) is 4.13. The minimum atomic E-state index is -0.0995. The summed E-state index contributed by atoms with van der Waals surface area (Å²) in [4.78, 5) is 4.71. The van der Waals surface area contributed by atoms with Crippen LogP contribution in [0.25, 0.3) is 43.1 Å². The maximum absolute atomic E-state index is 9.83. The van der Waals surface area contributed by atoms with E-state index in [9.17, 15) is 10.5 Å². The van der Waals surface area contributed by atoms with Gasteiger partial charge in [0.05, 0.1) is 29.0 Å². The number of nitrogens with zero attached hydrogens (tertiary/aromatic N) is 4. The molecule has 9 rings (SSSR count). The fourth-order valence-electron chi connectivity index (χ4n) is 7.82.